The molecule has 0 fully saturated rings. The van der Waals surface area contributed by atoms with Crippen LogP contribution in [0.2, 0.25) is 0 Å². The molecule has 0 radical (unpaired) electrons. The van der Waals surface area contributed by atoms with Gasteiger partial charge in [0.15, 0.2) is 0 Å². The van der Waals surface area contributed by atoms with E-state index < -0.39 is 5.82 Å². The predicted octanol–water partition coefficient (Wildman–Crippen LogP) is 2.52. The van der Waals surface area contributed by atoms with Crippen LogP contribution in [-0.4, -0.2) is 18.3 Å². The Hall–Kier alpha value is -1.60. The number of rotatable bonds is 5. The van der Waals surface area contributed by atoms with E-state index in [1.807, 2.05) is 19.9 Å². The van der Waals surface area contributed by atoms with Crippen LogP contribution in [0, 0.1) is 22.6 Å². The normalized spacial score (nSPS) is 11.0. The van der Waals surface area contributed by atoms with Crippen molar-refractivity contribution >= 4 is 5.69 Å². The molecule has 4 heteroatoms. The second-order valence-corrected chi connectivity index (χ2v) is 4.77. The Balaban J connectivity index is 2.77. The average Bonchev–Trinajstić information content (AvgIpc) is 2.26. The molecule has 0 spiro atoms. The Kier molecular flexibility index (Phi) is 4.47. The first-order valence-electron chi connectivity index (χ1n) is 5.53. The van der Waals surface area contributed by atoms with Crippen molar-refractivity contribution in [1.29, 1.82) is 5.26 Å². The Morgan fingerprint density at radius 2 is 2.18 bits per heavy atom. The van der Waals surface area contributed by atoms with Crippen LogP contribution in [0.5, 0.6) is 0 Å². The van der Waals surface area contributed by atoms with Crippen molar-refractivity contribution in [3.05, 3.63) is 29.6 Å². The number of nitrogens with one attached hydrogen (secondary N) is 1. The molecule has 0 atom stereocenters. The molecular formula is C13H17FN2O. The van der Waals surface area contributed by atoms with Gasteiger partial charge in [-0.3, -0.25) is 0 Å². The molecular weight excluding hydrogens is 219 g/mol. The van der Waals surface area contributed by atoms with Gasteiger partial charge in [-0.1, -0.05) is 19.9 Å². The number of halogens is 1. The van der Waals surface area contributed by atoms with E-state index in [0.717, 1.165) is 0 Å². The maximum Gasteiger partial charge on any atom is 0.143 e. The largest absolute Gasteiger partial charge is 0.396 e. The molecule has 1 aromatic rings. The summed E-state index contributed by atoms with van der Waals surface area (Å²) in [4.78, 5) is 0. The van der Waals surface area contributed by atoms with Gasteiger partial charge >= 0.3 is 0 Å². The van der Waals surface area contributed by atoms with Crippen LogP contribution >= 0.6 is 0 Å². The molecule has 0 bridgehead atoms. The minimum atomic E-state index is -0.516. The first kappa shape index (κ1) is 13.5. The smallest absolute Gasteiger partial charge is 0.143 e. The number of nitrogens with zero attached hydrogens (tertiary/aromatic N) is 1. The molecule has 0 aromatic heterocycles. The number of aliphatic hydroxyl groups excluding tert-OH is 1. The number of benzene rings is 1. The number of hydrogen-bond acceptors (Lipinski definition) is 3. The highest BCUT2D eigenvalue weighted by molar-refractivity contribution is 5.57. The van der Waals surface area contributed by atoms with Gasteiger partial charge in [0.1, 0.15) is 17.4 Å². The maximum absolute atomic E-state index is 13.3. The lowest BCUT2D eigenvalue weighted by atomic mass is 9.89. The summed E-state index contributed by atoms with van der Waals surface area (Å²) in [5.41, 5.74) is 0.430. The first-order chi connectivity index (χ1) is 8.00. The summed E-state index contributed by atoms with van der Waals surface area (Å²) in [6.45, 7) is 4.69. The molecule has 0 amide bonds. The Labute approximate surface area is 101 Å². The molecule has 0 saturated carbocycles. The SMILES string of the molecule is CC(C)(CCO)CNc1cccc(F)c1C#N. The third-order valence-corrected chi connectivity index (χ3v) is 2.67. The van der Waals surface area contributed by atoms with Crippen molar-refractivity contribution in [2.45, 2.75) is 20.3 Å². The second kappa shape index (κ2) is 5.65. The van der Waals surface area contributed by atoms with Gasteiger partial charge in [0.25, 0.3) is 0 Å². The lowest BCUT2D eigenvalue weighted by molar-refractivity contribution is 0.220. The van der Waals surface area contributed by atoms with Gasteiger partial charge < -0.3 is 10.4 Å². The number of aliphatic hydroxyl groups is 1. The van der Waals surface area contributed by atoms with E-state index in [4.69, 9.17) is 10.4 Å². The zero-order chi connectivity index (χ0) is 12.9. The van der Waals surface area contributed by atoms with E-state index in [9.17, 15) is 4.39 Å². The zero-order valence-corrected chi connectivity index (χ0v) is 10.1. The highest BCUT2D eigenvalue weighted by atomic mass is 19.1. The van der Waals surface area contributed by atoms with Gasteiger partial charge in [-0.25, -0.2) is 4.39 Å². The molecule has 92 valence electrons. The quantitative estimate of drug-likeness (QED) is 0.826. The molecule has 17 heavy (non-hydrogen) atoms. The van der Waals surface area contributed by atoms with Gasteiger partial charge in [0.05, 0.1) is 5.69 Å². The first-order valence-corrected chi connectivity index (χ1v) is 5.53. The number of nitriles is 1. The van der Waals surface area contributed by atoms with Crippen molar-refractivity contribution < 1.29 is 9.50 Å². The zero-order valence-electron chi connectivity index (χ0n) is 10.1. The van der Waals surface area contributed by atoms with Gasteiger partial charge in [-0.2, -0.15) is 5.26 Å². The second-order valence-electron chi connectivity index (χ2n) is 4.77. The Bertz CT molecular complexity index is 424. The fourth-order valence-electron chi connectivity index (χ4n) is 1.51. The monoisotopic (exact) mass is 236 g/mol. The molecule has 0 heterocycles. The van der Waals surface area contributed by atoms with E-state index in [1.54, 1.807) is 12.1 Å². The predicted molar refractivity (Wildman–Crippen MR) is 65.1 cm³/mol. The molecule has 3 nitrogen and oxygen atoms in total. The highest BCUT2D eigenvalue weighted by Gasteiger charge is 2.17. The van der Waals surface area contributed by atoms with E-state index in [1.165, 1.54) is 6.07 Å². The highest BCUT2D eigenvalue weighted by Crippen LogP contribution is 2.23. The summed E-state index contributed by atoms with van der Waals surface area (Å²) >= 11 is 0. The van der Waals surface area contributed by atoms with Crippen LogP contribution in [0.3, 0.4) is 0 Å². The van der Waals surface area contributed by atoms with E-state index in [2.05, 4.69) is 5.32 Å². The summed E-state index contributed by atoms with van der Waals surface area (Å²) in [6, 6.07) is 6.36. The van der Waals surface area contributed by atoms with Gasteiger partial charge in [-0.15, -0.1) is 0 Å². The summed E-state index contributed by atoms with van der Waals surface area (Å²) in [6.07, 6.45) is 0.650. The van der Waals surface area contributed by atoms with Crippen LogP contribution in [0.4, 0.5) is 10.1 Å². The van der Waals surface area contributed by atoms with Crippen molar-refractivity contribution in [1.82, 2.24) is 0 Å². The maximum atomic E-state index is 13.3. The Morgan fingerprint density at radius 3 is 2.76 bits per heavy atom. The summed E-state index contributed by atoms with van der Waals surface area (Å²) < 4.78 is 13.3. The minimum Gasteiger partial charge on any atom is -0.396 e. The number of hydrogen-bond donors (Lipinski definition) is 2. The molecule has 1 rings (SSSR count). The topological polar surface area (TPSA) is 56.0 Å². The van der Waals surface area contributed by atoms with E-state index in [-0.39, 0.29) is 17.6 Å². The van der Waals surface area contributed by atoms with Gasteiger partial charge in [-0.05, 0) is 24.0 Å². The van der Waals surface area contributed by atoms with Crippen LogP contribution in [0.1, 0.15) is 25.8 Å². The molecule has 0 aliphatic rings. The van der Waals surface area contributed by atoms with Gasteiger partial charge in [0, 0.05) is 13.2 Å². The van der Waals surface area contributed by atoms with E-state index in [0.29, 0.717) is 18.7 Å². The molecule has 0 unspecified atom stereocenters. The van der Waals surface area contributed by atoms with Crippen molar-refractivity contribution in [3.63, 3.8) is 0 Å². The molecule has 0 aliphatic carbocycles. The molecule has 1 aromatic carbocycles. The number of anilines is 1. The van der Waals surface area contributed by atoms with Crippen LogP contribution in [0.15, 0.2) is 18.2 Å². The van der Waals surface area contributed by atoms with Crippen molar-refractivity contribution in [2.24, 2.45) is 5.41 Å². The summed E-state index contributed by atoms with van der Waals surface area (Å²) in [5.74, 6) is -0.516. The lowest BCUT2D eigenvalue weighted by Crippen LogP contribution is -2.24. The van der Waals surface area contributed by atoms with Crippen LogP contribution in [-0.2, 0) is 0 Å². The molecule has 2 N–H and O–H groups in total. The van der Waals surface area contributed by atoms with Crippen LogP contribution < -0.4 is 5.32 Å². The average molecular weight is 236 g/mol. The standard InChI is InChI=1S/C13H17FN2O/c1-13(2,6-7-17)9-16-12-5-3-4-11(14)10(12)8-15/h3-5,16-17H,6-7,9H2,1-2H3. The fraction of sp³-hybridized carbons (Fsp3) is 0.462. The Morgan fingerprint density at radius 1 is 1.47 bits per heavy atom. The van der Waals surface area contributed by atoms with E-state index >= 15 is 0 Å². The molecule has 0 saturated heterocycles. The fourth-order valence-corrected chi connectivity index (χ4v) is 1.51. The third-order valence-electron chi connectivity index (χ3n) is 2.67. The lowest BCUT2D eigenvalue weighted by Gasteiger charge is -2.24. The van der Waals surface area contributed by atoms with Crippen molar-refractivity contribution in [2.75, 3.05) is 18.5 Å². The summed E-state index contributed by atoms with van der Waals surface area (Å²) in [7, 11) is 0. The molecule has 0 aliphatic heterocycles. The van der Waals surface area contributed by atoms with Crippen LogP contribution in [0.25, 0.3) is 0 Å². The third kappa shape index (κ3) is 3.72. The van der Waals surface area contributed by atoms with Crippen molar-refractivity contribution in [3.8, 4) is 6.07 Å². The summed E-state index contributed by atoms with van der Waals surface area (Å²) in [5, 5.41) is 20.8. The minimum absolute atomic E-state index is 0.0345. The van der Waals surface area contributed by atoms with Gasteiger partial charge in [0.2, 0.25) is 0 Å².